The van der Waals surface area contributed by atoms with Gasteiger partial charge in [0.25, 0.3) is 0 Å². The molecule has 2 heterocycles. The van der Waals surface area contributed by atoms with Crippen LogP contribution in [0.4, 0.5) is 14.5 Å². The molecule has 1 fully saturated rings. The van der Waals surface area contributed by atoms with Gasteiger partial charge in [-0.25, -0.2) is 8.78 Å². The van der Waals surface area contributed by atoms with Crippen LogP contribution in [0, 0.1) is 11.6 Å². The summed E-state index contributed by atoms with van der Waals surface area (Å²) in [5.41, 5.74) is 3.49. The van der Waals surface area contributed by atoms with Crippen molar-refractivity contribution in [3.05, 3.63) is 83.4 Å². The fourth-order valence-corrected chi connectivity index (χ4v) is 5.46. The lowest BCUT2D eigenvalue weighted by molar-refractivity contribution is 0.0106. The lowest BCUT2D eigenvalue weighted by Gasteiger charge is -2.33. The lowest BCUT2D eigenvalue weighted by Crippen LogP contribution is -2.41. The Labute approximate surface area is 246 Å². The molecule has 0 amide bonds. The van der Waals surface area contributed by atoms with Crippen LogP contribution in [0.15, 0.2) is 60.7 Å². The van der Waals surface area contributed by atoms with Crippen LogP contribution in [0.5, 0.6) is 17.2 Å². The van der Waals surface area contributed by atoms with Gasteiger partial charge in [0.05, 0.1) is 38.2 Å². The summed E-state index contributed by atoms with van der Waals surface area (Å²) < 4.78 is 55.6. The van der Waals surface area contributed by atoms with E-state index >= 15 is 0 Å². The number of nitrogens with zero attached hydrogens (tertiary/aromatic N) is 1. The summed E-state index contributed by atoms with van der Waals surface area (Å²) in [5.74, 6) is 0.691. The van der Waals surface area contributed by atoms with E-state index < -0.39 is 11.6 Å². The molecule has 0 bridgehead atoms. The van der Waals surface area contributed by atoms with Gasteiger partial charge in [-0.05, 0) is 66.9 Å². The lowest BCUT2D eigenvalue weighted by atomic mass is 9.87. The monoisotopic (exact) mass is 582 g/mol. The predicted octanol–water partition coefficient (Wildman–Crippen LogP) is 5.71. The van der Waals surface area contributed by atoms with Crippen LogP contribution in [-0.4, -0.2) is 65.8 Å². The second-order valence-corrected chi connectivity index (χ2v) is 10.6. The van der Waals surface area contributed by atoms with Gasteiger partial charge in [-0.1, -0.05) is 18.2 Å². The number of ether oxygens (including phenoxy) is 5. The highest BCUT2D eigenvalue weighted by atomic mass is 19.1. The van der Waals surface area contributed by atoms with E-state index in [9.17, 15) is 8.78 Å². The van der Waals surface area contributed by atoms with Crippen molar-refractivity contribution in [2.45, 2.75) is 37.9 Å². The average Bonchev–Trinajstić information content (AvgIpc) is 3.01. The maximum Gasteiger partial charge on any atom is 0.167 e. The van der Waals surface area contributed by atoms with Gasteiger partial charge < -0.3 is 33.9 Å². The molecule has 0 unspecified atom stereocenters. The first kappa shape index (κ1) is 30.1. The zero-order chi connectivity index (χ0) is 29.1. The van der Waals surface area contributed by atoms with E-state index in [2.05, 4.69) is 40.5 Å². The predicted molar refractivity (Wildman–Crippen MR) is 158 cm³/mol. The highest BCUT2D eigenvalue weighted by Gasteiger charge is 2.27. The second kappa shape index (κ2) is 15.2. The minimum atomic E-state index is -0.704. The largest absolute Gasteiger partial charge is 0.493 e. The topological polar surface area (TPSA) is 61.4 Å². The second-order valence-electron chi connectivity index (χ2n) is 10.6. The maximum atomic E-state index is 13.7. The third-order valence-electron chi connectivity index (χ3n) is 7.67. The Hall–Kier alpha value is -3.40. The van der Waals surface area contributed by atoms with Crippen molar-refractivity contribution in [1.82, 2.24) is 5.32 Å². The molecule has 1 N–H and O–H groups in total. The molecule has 0 spiro atoms. The van der Waals surface area contributed by atoms with E-state index in [0.717, 1.165) is 74.4 Å². The Morgan fingerprint density at radius 1 is 0.952 bits per heavy atom. The van der Waals surface area contributed by atoms with Crippen molar-refractivity contribution in [3.8, 4) is 17.2 Å². The van der Waals surface area contributed by atoms with E-state index in [4.69, 9.17) is 23.7 Å². The molecule has 0 saturated carbocycles. The van der Waals surface area contributed by atoms with Gasteiger partial charge in [-0.2, -0.15) is 0 Å². The minimum Gasteiger partial charge on any atom is -0.493 e. The van der Waals surface area contributed by atoms with E-state index in [1.165, 1.54) is 17.7 Å². The van der Waals surface area contributed by atoms with Crippen LogP contribution in [0.3, 0.4) is 0 Å². The zero-order valence-corrected chi connectivity index (χ0v) is 24.2. The molecular weight excluding hydrogens is 542 g/mol. The molecule has 7 nitrogen and oxygen atoms in total. The fourth-order valence-electron chi connectivity index (χ4n) is 5.46. The molecule has 0 aliphatic carbocycles. The van der Waals surface area contributed by atoms with Crippen LogP contribution in [0.2, 0.25) is 0 Å². The first-order chi connectivity index (χ1) is 20.6. The van der Waals surface area contributed by atoms with Gasteiger partial charge in [0, 0.05) is 45.2 Å². The molecular formula is C33H40F2N2O5. The fraction of sp³-hybridized carbons (Fsp3) is 0.455. The number of hydrogen-bond donors (Lipinski definition) is 1. The molecule has 2 atom stereocenters. The van der Waals surface area contributed by atoms with Gasteiger partial charge in [0.1, 0.15) is 23.9 Å². The van der Waals surface area contributed by atoms with Crippen molar-refractivity contribution in [1.29, 1.82) is 0 Å². The minimum absolute atomic E-state index is 0.0417. The molecule has 2 aliphatic rings. The third kappa shape index (κ3) is 8.12. The normalized spacial score (nSPS) is 18.3. The number of rotatable bonds is 14. The summed E-state index contributed by atoms with van der Waals surface area (Å²) in [7, 11) is 1.74. The average molecular weight is 583 g/mol. The Bertz CT molecular complexity index is 1280. The van der Waals surface area contributed by atoms with E-state index in [0.29, 0.717) is 26.2 Å². The summed E-state index contributed by atoms with van der Waals surface area (Å²) in [5, 5.41) is 3.48. The summed E-state index contributed by atoms with van der Waals surface area (Å²) in [6.07, 6.45) is 2.60. The first-order valence-electron chi connectivity index (χ1n) is 14.7. The van der Waals surface area contributed by atoms with Crippen LogP contribution >= 0.6 is 0 Å². The standard InChI is InChI=1S/C33H40F2N2O5/c1-38-16-2-14-37-15-19-41-32-10-4-24(20-30(32)37)23-42-33-22-36-13-12-28(33)25-5-8-27(9-6-25)39-17-3-18-40-31-11-7-26(34)21-29(31)35/h4-11,20-21,28,33,36H,2-3,12-19,22-23H2,1H3/t28-,33+/m1/s1. The molecule has 3 aromatic rings. The molecule has 42 heavy (non-hydrogen) atoms. The molecule has 0 radical (unpaired) electrons. The number of halogens is 2. The van der Waals surface area contributed by atoms with Crippen molar-refractivity contribution >= 4 is 5.69 Å². The number of piperidine rings is 1. The van der Waals surface area contributed by atoms with Crippen molar-refractivity contribution in [2.24, 2.45) is 0 Å². The smallest absolute Gasteiger partial charge is 0.167 e. The first-order valence-corrected chi connectivity index (χ1v) is 14.7. The Kier molecular flexibility index (Phi) is 10.9. The van der Waals surface area contributed by atoms with Gasteiger partial charge in [0.15, 0.2) is 11.6 Å². The van der Waals surface area contributed by atoms with Crippen LogP contribution < -0.4 is 24.4 Å². The van der Waals surface area contributed by atoms with Crippen LogP contribution in [0.25, 0.3) is 0 Å². The van der Waals surface area contributed by atoms with Crippen LogP contribution in [-0.2, 0) is 16.1 Å². The van der Waals surface area contributed by atoms with Gasteiger partial charge in [-0.3, -0.25) is 0 Å². The molecule has 226 valence electrons. The summed E-state index contributed by atoms with van der Waals surface area (Å²) in [6.45, 7) is 6.24. The Morgan fingerprint density at radius 3 is 2.64 bits per heavy atom. The molecule has 5 rings (SSSR count). The number of fused-ring (bicyclic) bond motifs is 1. The summed E-state index contributed by atoms with van der Waals surface area (Å²) in [4.78, 5) is 2.37. The van der Waals surface area contributed by atoms with E-state index in [-0.39, 0.29) is 24.4 Å². The quantitative estimate of drug-likeness (QED) is 0.244. The van der Waals surface area contributed by atoms with Crippen molar-refractivity contribution < 1.29 is 32.5 Å². The number of methoxy groups -OCH3 is 1. The number of nitrogens with one attached hydrogen (secondary N) is 1. The summed E-state index contributed by atoms with van der Waals surface area (Å²) >= 11 is 0. The number of anilines is 1. The third-order valence-corrected chi connectivity index (χ3v) is 7.67. The number of benzene rings is 3. The highest BCUT2D eigenvalue weighted by Crippen LogP contribution is 2.34. The van der Waals surface area contributed by atoms with E-state index in [1.54, 1.807) is 7.11 Å². The van der Waals surface area contributed by atoms with E-state index in [1.807, 2.05) is 12.1 Å². The van der Waals surface area contributed by atoms with Crippen LogP contribution in [0.1, 0.15) is 36.3 Å². The molecule has 9 heteroatoms. The molecule has 0 aromatic heterocycles. The van der Waals surface area contributed by atoms with Gasteiger partial charge in [0.2, 0.25) is 0 Å². The van der Waals surface area contributed by atoms with Crippen molar-refractivity contribution in [3.63, 3.8) is 0 Å². The number of hydrogen-bond acceptors (Lipinski definition) is 7. The van der Waals surface area contributed by atoms with Crippen molar-refractivity contribution in [2.75, 3.05) is 64.6 Å². The molecule has 1 saturated heterocycles. The highest BCUT2D eigenvalue weighted by molar-refractivity contribution is 5.61. The Balaban J connectivity index is 1.11. The summed E-state index contributed by atoms with van der Waals surface area (Å²) in [6, 6.07) is 17.8. The maximum absolute atomic E-state index is 13.7. The SMILES string of the molecule is COCCCN1CCOc2ccc(CO[C@H]3CNCC[C@@H]3c3ccc(OCCCOc4ccc(F)cc4F)cc3)cc21. The molecule has 2 aliphatic heterocycles. The molecule has 3 aromatic carbocycles. The Morgan fingerprint density at radius 2 is 1.81 bits per heavy atom. The van der Waals surface area contributed by atoms with Gasteiger partial charge >= 0.3 is 0 Å². The van der Waals surface area contributed by atoms with Gasteiger partial charge in [-0.15, -0.1) is 0 Å². The zero-order valence-electron chi connectivity index (χ0n) is 24.2.